The number of benzene rings is 2. The second-order valence-corrected chi connectivity index (χ2v) is 6.53. The summed E-state index contributed by atoms with van der Waals surface area (Å²) in [5, 5.41) is 16.8. The first kappa shape index (κ1) is 17.7. The zero-order chi connectivity index (χ0) is 19.5. The molecule has 0 fully saturated rings. The van der Waals surface area contributed by atoms with Gasteiger partial charge in [-0.2, -0.15) is 5.10 Å². The molecule has 4 rings (SSSR count). The average molecular weight is 377 g/mol. The predicted molar refractivity (Wildman–Crippen MR) is 104 cm³/mol. The Morgan fingerprint density at radius 2 is 1.96 bits per heavy atom. The smallest absolute Gasteiger partial charge is 0.322 e. The molecule has 8 heteroatoms. The summed E-state index contributed by atoms with van der Waals surface area (Å²) in [5.74, 6) is 0.459. The van der Waals surface area contributed by atoms with Crippen molar-refractivity contribution in [2.45, 2.75) is 19.9 Å². The highest BCUT2D eigenvalue weighted by Gasteiger charge is 2.14. The van der Waals surface area contributed by atoms with Gasteiger partial charge in [-0.3, -0.25) is 14.8 Å². The maximum atomic E-state index is 12.1. The number of nitrogens with zero attached hydrogens (tertiary/aromatic N) is 4. The first-order chi connectivity index (χ1) is 13.6. The Labute approximate surface area is 161 Å². The molecule has 0 aliphatic heterocycles. The van der Waals surface area contributed by atoms with Crippen molar-refractivity contribution in [3.8, 4) is 17.3 Å². The highest BCUT2D eigenvalue weighted by atomic mass is 16.5. The fourth-order valence-electron chi connectivity index (χ4n) is 2.68. The van der Waals surface area contributed by atoms with Crippen molar-refractivity contribution in [3.63, 3.8) is 0 Å². The lowest BCUT2D eigenvalue weighted by molar-refractivity contribution is -0.118. The van der Waals surface area contributed by atoms with Gasteiger partial charge < -0.3 is 9.15 Å². The number of ether oxygens (including phenoxy) is 1. The van der Waals surface area contributed by atoms with Crippen molar-refractivity contribution in [1.82, 2.24) is 20.0 Å². The molecule has 0 spiro atoms. The number of rotatable bonds is 6. The van der Waals surface area contributed by atoms with Crippen LogP contribution in [0.3, 0.4) is 0 Å². The largest absolute Gasteiger partial charge is 0.484 e. The highest BCUT2D eigenvalue weighted by Crippen LogP contribution is 2.21. The van der Waals surface area contributed by atoms with Gasteiger partial charge in [0.05, 0.1) is 0 Å². The molecular formula is C20H19N5O3. The van der Waals surface area contributed by atoms with Crippen molar-refractivity contribution < 1.29 is 13.9 Å². The number of carbonyl (C=O) groups excluding carboxylic acids is 1. The maximum absolute atomic E-state index is 12.1. The Morgan fingerprint density at radius 1 is 1.14 bits per heavy atom. The molecule has 2 heterocycles. The van der Waals surface area contributed by atoms with Crippen LogP contribution in [0.2, 0.25) is 0 Å². The van der Waals surface area contributed by atoms with Gasteiger partial charge in [0.1, 0.15) is 11.4 Å². The predicted octanol–water partition coefficient (Wildman–Crippen LogP) is 3.68. The van der Waals surface area contributed by atoms with Crippen molar-refractivity contribution >= 4 is 22.7 Å². The van der Waals surface area contributed by atoms with Gasteiger partial charge in [0.25, 0.3) is 11.8 Å². The van der Waals surface area contributed by atoms with E-state index >= 15 is 0 Å². The second kappa shape index (κ2) is 7.51. The Balaban J connectivity index is 1.36. The number of nitrogens with one attached hydrogen (secondary N) is 1. The Bertz CT molecular complexity index is 1120. The molecule has 0 saturated carbocycles. The van der Waals surface area contributed by atoms with E-state index in [1.807, 2.05) is 62.5 Å². The standard InChI is InChI=1S/C20H19N5O3/c1-13(2)25-10-9-17(24-25)19-22-23-20(28-19)21-18(26)12-27-16-8-7-14-5-3-4-6-15(14)11-16/h3-11,13H,12H2,1-2H3,(H,21,23,26). The van der Waals surface area contributed by atoms with Gasteiger partial charge >= 0.3 is 6.01 Å². The van der Waals surface area contributed by atoms with Crippen LogP contribution in [-0.4, -0.2) is 32.5 Å². The minimum absolute atomic E-state index is 0.00112. The van der Waals surface area contributed by atoms with E-state index in [-0.39, 0.29) is 24.6 Å². The van der Waals surface area contributed by atoms with Crippen LogP contribution < -0.4 is 10.1 Å². The summed E-state index contributed by atoms with van der Waals surface area (Å²) in [5.41, 5.74) is 0.550. The van der Waals surface area contributed by atoms with Gasteiger partial charge in [0.2, 0.25) is 0 Å². The van der Waals surface area contributed by atoms with Crippen LogP contribution in [0.15, 0.2) is 59.1 Å². The van der Waals surface area contributed by atoms with Crippen LogP contribution in [0.4, 0.5) is 6.01 Å². The Kier molecular flexibility index (Phi) is 4.76. The summed E-state index contributed by atoms with van der Waals surface area (Å²) in [6, 6.07) is 15.6. The lowest BCUT2D eigenvalue weighted by Crippen LogP contribution is -2.20. The molecule has 4 aromatic rings. The van der Waals surface area contributed by atoms with Crippen LogP contribution in [-0.2, 0) is 4.79 Å². The van der Waals surface area contributed by atoms with Crippen LogP contribution in [0.5, 0.6) is 5.75 Å². The number of carbonyl (C=O) groups is 1. The molecule has 8 nitrogen and oxygen atoms in total. The zero-order valence-electron chi connectivity index (χ0n) is 15.5. The third kappa shape index (κ3) is 3.85. The Hall–Kier alpha value is -3.68. The number of anilines is 1. The fourth-order valence-corrected chi connectivity index (χ4v) is 2.68. The van der Waals surface area contributed by atoms with Crippen molar-refractivity contribution in [2.75, 3.05) is 11.9 Å². The molecule has 0 bridgehead atoms. The minimum atomic E-state index is -0.393. The summed E-state index contributed by atoms with van der Waals surface area (Å²) in [6.45, 7) is 3.87. The van der Waals surface area contributed by atoms with Crippen molar-refractivity contribution in [1.29, 1.82) is 0 Å². The lowest BCUT2D eigenvalue weighted by atomic mass is 10.1. The third-order valence-corrected chi connectivity index (χ3v) is 4.12. The van der Waals surface area contributed by atoms with Gasteiger partial charge in [-0.05, 0) is 42.8 Å². The highest BCUT2D eigenvalue weighted by molar-refractivity contribution is 5.90. The number of aromatic nitrogens is 4. The van der Waals surface area contributed by atoms with Gasteiger partial charge in [-0.15, -0.1) is 5.10 Å². The summed E-state index contributed by atoms with van der Waals surface area (Å²) >= 11 is 0. The van der Waals surface area contributed by atoms with Gasteiger partial charge in [0.15, 0.2) is 6.61 Å². The first-order valence-corrected chi connectivity index (χ1v) is 8.89. The van der Waals surface area contributed by atoms with Crippen LogP contribution in [0.1, 0.15) is 19.9 Å². The minimum Gasteiger partial charge on any atom is -0.484 e. The first-order valence-electron chi connectivity index (χ1n) is 8.89. The molecule has 2 aromatic carbocycles. The molecule has 0 unspecified atom stereocenters. The van der Waals surface area contributed by atoms with E-state index in [1.54, 1.807) is 10.7 Å². The quantitative estimate of drug-likeness (QED) is 0.551. The molecule has 2 aromatic heterocycles. The third-order valence-electron chi connectivity index (χ3n) is 4.12. The van der Waals surface area contributed by atoms with Crippen LogP contribution in [0.25, 0.3) is 22.4 Å². The molecule has 0 saturated heterocycles. The Morgan fingerprint density at radius 3 is 2.75 bits per heavy atom. The van der Waals surface area contributed by atoms with Crippen LogP contribution >= 0.6 is 0 Å². The van der Waals surface area contributed by atoms with E-state index in [0.29, 0.717) is 11.4 Å². The summed E-state index contributed by atoms with van der Waals surface area (Å²) in [6.07, 6.45) is 1.83. The molecule has 0 aliphatic rings. The molecule has 1 N–H and O–H groups in total. The van der Waals surface area contributed by atoms with E-state index in [1.165, 1.54) is 0 Å². The molecule has 1 amide bonds. The molecule has 0 atom stereocenters. The average Bonchev–Trinajstić information content (AvgIpc) is 3.36. The number of hydrogen-bond acceptors (Lipinski definition) is 6. The molecule has 28 heavy (non-hydrogen) atoms. The van der Waals surface area contributed by atoms with E-state index in [9.17, 15) is 4.79 Å². The summed E-state index contributed by atoms with van der Waals surface area (Å²) in [4.78, 5) is 12.1. The molecular weight excluding hydrogens is 358 g/mol. The number of amides is 1. The normalized spacial score (nSPS) is 11.1. The topological polar surface area (TPSA) is 95.1 Å². The fraction of sp³-hybridized carbons (Fsp3) is 0.200. The molecule has 0 aliphatic carbocycles. The SMILES string of the molecule is CC(C)n1ccc(-c2nnc(NC(=O)COc3ccc4ccccc4c3)o2)n1. The summed E-state index contributed by atoms with van der Waals surface area (Å²) < 4.78 is 12.8. The second-order valence-electron chi connectivity index (χ2n) is 6.53. The van der Waals surface area contributed by atoms with E-state index < -0.39 is 5.91 Å². The number of hydrogen-bond donors (Lipinski definition) is 1. The van der Waals surface area contributed by atoms with Gasteiger partial charge in [-0.1, -0.05) is 35.4 Å². The van der Waals surface area contributed by atoms with Crippen molar-refractivity contribution in [3.05, 3.63) is 54.7 Å². The van der Waals surface area contributed by atoms with E-state index in [2.05, 4.69) is 20.6 Å². The van der Waals surface area contributed by atoms with E-state index in [0.717, 1.165) is 10.8 Å². The lowest BCUT2D eigenvalue weighted by Gasteiger charge is -2.06. The number of fused-ring (bicyclic) bond motifs is 1. The maximum Gasteiger partial charge on any atom is 0.322 e. The van der Waals surface area contributed by atoms with Crippen LogP contribution in [0, 0.1) is 0 Å². The van der Waals surface area contributed by atoms with Gasteiger partial charge in [-0.25, -0.2) is 0 Å². The monoisotopic (exact) mass is 377 g/mol. The molecule has 142 valence electrons. The van der Waals surface area contributed by atoms with E-state index in [4.69, 9.17) is 9.15 Å². The van der Waals surface area contributed by atoms with Gasteiger partial charge in [0, 0.05) is 12.2 Å². The van der Waals surface area contributed by atoms with Crippen molar-refractivity contribution in [2.24, 2.45) is 0 Å². The zero-order valence-corrected chi connectivity index (χ0v) is 15.5. The molecule has 0 radical (unpaired) electrons. The summed E-state index contributed by atoms with van der Waals surface area (Å²) in [7, 11) is 0.